The highest BCUT2D eigenvalue weighted by Crippen LogP contribution is 2.39. The lowest BCUT2D eigenvalue weighted by molar-refractivity contribution is 0.0934. The van der Waals surface area contributed by atoms with Crippen molar-refractivity contribution in [2.45, 2.75) is 48.2 Å². The van der Waals surface area contributed by atoms with Gasteiger partial charge in [0.25, 0.3) is 0 Å². The minimum Gasteiger partial charge on any atom is -0.355 e. The van der Waals surface area contributed by atoms with E-state index >= 15 is 0 Å². The molecule has 0 aromatic heterocycles. The Morgan fingerprint density at radius 3 is 2.42 bits per heavy atom. The highest BCUT2D eigenvalue weighted by Gasteiger charge is 2.42. The van der Waals surface area contributed by atoms with Gasteiger partial charge in [-0.2, -0.15) is 0 Å². The maximum Gasteiger partial charge on any atom is 0.208 e. The highest BCUT2D eigenvalue weighted by molar-refractivity contribution is 7.91. The number of para-hydroxylation sites is 1. The van der Waals surface area contributed by atoms with Crippen LogP contribution in [0.5, 0.6) is 0 Å². The summed E-state index contributed by atoms with van der Waals surface area (Å²) in [7, 11) is -3.71. The first-order valence-corrected chi connectivity index (χ1v) is 10.6. The van der Waals surface area contributed by atoms with Crippen LogP contribution >= 0.6 is 0 Å². The van der Waals surface area contributed by atoms with E-state index in [-0.39, 0.29) is 16.0 Å². The van der Waals surface area contributed by atoms with Crippen LogP contribution in [0.2, 0.25) is 0 Å². The monoisotopic (exact) mass is 374 g/mol. The van der Waals surface area contributed by atoms with Crippen molar-refractivity contribution in [1.82, 2.24) is 4.90 Å². The molecule has 2 aromatic rings. The Hall–Kier alpha value is -1.92. The zero-order valence-electron chi connectivity index (χ0n) is 14.8. The van der Waals surface area contributed by atoms with E-state index in [2.05, 4.69) is 16.7 Å². The molecule has 2 atom stereocenters. The third-order valence-corrected chi connectivity index (χ3v) is 7.44. The van der Waals surface area contributed by atoms with Crippen LogP contribution in [-0.4, -0.2) is 38.6 Å². The number of benzene rings is 2. The van der Waals surface area contributed by atoms with Gasteiger partial charge in [0.2, 0.25) is 9.84 Å². The number of anilines is 1. The Morgan fingerprint density at radius 1 is 1.08 bits per heavy atom. The summed E-state index contributed by atoms with van der Waals surface area (Å²) in [6.45, 7) is 3.89. The van der Waals surface area contributed by atoms with Crippen molar-refractivity contribution in [1.29, 1.82) is 0 Å². The molecule has 26 heavy (non-hydrogen) atoms. The number of hydrogen-bond acceptors (Lipinski definition) is 4. The average molecular weight is 374 g/mol. The van der Waals surface area contributed by atoms with Gasteiger partial charge in [-0.1, -0.05) is 12.1 Å². The number of sulfone groups is 1. The summed E-state index contributed by atoms with van der Waals surface area (Å²) in [4.78, 5) is 5.09. The number of nitrogens with zero attached hydrogens (tertiary/aromatic N) is 2. The molecule has 2 unspecified atom stereocenters. The maximum atomic E-state index is 13.2. The van der Waals surface area contributed by atoms with Gasteiger partial charge in [-0.15, -0.1) is 0 Å². The first-order chi connectivity index (χ1) is 12.5. The SMILES string of the molecule is CCN(c1ccccc1S(=O)(=O)c1ccc(F)cc1)C1CCC2CCN21. The maximum absolute atomic E-state index is 13.2. The predicted octanol–water partition coefficient (Wildman–Crippen LogP) is 3.68. The van der Waals surface area contributed by atoms with Gasteiger partial charge in [0.15, 0.2) is 0 Å². The summed E-state index contributed by atoms with van der Waals surface area (Å²) in [5, 5.41) is 0. The van der Waals surface area contributed by atoms with Crippen LogP contribution in [-0.2, 0) is 9.84 Å². The molecule has 2 aromatic carbocycles. The quantitative estimate of drug-likeness (QED) is 0.749. The summed E-state index contributed by atoms with van der Waals surface area (Å²) in [6, 6.07) is 12.8. The second-order valence-corrected chi connectivity index (χ2v) is 8.87. The highest BCUT2D eigenvalue weighted by atomic mass is 32.2. The first kappa shape index (κ1) is 17.5. The smallest absolute Gasteiger partial charge is 0.208 e. The Labute approximate surface area is 154 Å². The van der Waals surface area contributed by atoms with Gasteiger partial charge in [0.1, 0.15) is 5.82 Å². The number of hydrogen-bond donors (Lipinski definition) is 0. The standard InChI is InChI=1S/C20H23FN2O2S/c1-2-22(20-12-9-16-13-14-23(16)20)18-5-3-4-6-19(18)26(24,25)17-10-7-15(21)8-11-17/h3-8,10-11,16,20H,2,9,12-14H2,1H3. The molecule has 0 saturated carbocycles. The minimum absolute atomic E-state index is 0.121. The van der Waals surface area contributed by atoms with Crippen molar-refractivity contribution < 1.29 is 12.8 Å². The molecule has 4 rings (SSSR count). The van der Waals surface area contributed by atoms with E-state index in [1.807, 2.05) is 12.1 Å². The van der Waals surface area contributed by atoms with E-state index in [4.69, 9.17) is 0 Å². The fourth-order valence-corrected chi connectivity index (χ4v) is 5.68. The number of halogens is 1. The zero-order valence-corrected chi connectivity index (χ0v) is 15.6. The molecule has 6 heteroatoms. The van der Waals surface area contributed by atoms with Gasteiger partial charge >= 0.3 is 0 Å². The number of rotatable bonds is 5. The van der Waals surface area contributed by atoms with Gasteiger partial charge in [-0.25, -0.2) is 12.8 Å². The van der Waals surface area contributed by atoms with E-state index in [1.165, 1.54) is 37.1 Å². The third kappa shape index (κ3) is 2.81. The summed E-state index contributed by atoms with van der Waals surface area (Å²) < 4.78 is 39.6. The molecule has 0 radical (unpaired) electrons. The summed E-state index contributed by atoms with van der Waals surface area (Å²) in [6.07, 6.45) is 3.73. The molecule has 0 aliphatic carbocycles. The zero-order chi connectivity index (χ0) is 18.3. The second-order valence-electron chi connectivity index (χ2n) is 6.95. The largest absolute Gasteiger partial charge is 0.355 e. The van der Waals surface area contributed by atoms with Gasteiger partial charge in [-0.05, 0) is 62.6 Å². The number of fused-ring (bicyclic) bond motifs is 1. The van der Waals surface area contributed by atoms with Crippen LogP contribution in [0.3, 0.4) is 0 Å². The Kier molecular flexibility index (Phi) is 4.49. The van der Waals surface area contributed by atoms with Crippen molar-refractivity contribution in [3.8, 4) is 0 Å². The molecule has 2 heterocycles. The molecule has 4 nitrogen and oxygen atoms in total. The topological polar surface area (TPSA) is 40.6 Å². The summed E-state index contributed by atoms with van der Waals surface area (Å²) >= 11 is 0. The average Bonchev–Trinajstić information content (AvgIpc) is 2.90. The first-order valence-electron chi connectivity index (χ1n) is 9.14. The van der Waals surface area contributed by atoms with Gasteiger partial charge < -0.3 is 4.90 Å². The van der Waals surface area contributed by atoms with Crippen LogP contribution in [0.15, 0.2) is 58.3 Å². The van der Waals surface area contributed by atoms with E-state index in [0.29, 0.717) is 6.04 Å². The van der Waals surface area contributed by atoms with Crippen molar-refractivity contribution in [3.63, 3.8) is 0 Å². The van der Waals surface area contributed by atoms with E-state index in [9.17, 15) is 12.8 Å². The van der Waals surface area contributed by atoms with Crippen LogP contribution in [0.1, 0.15) is 26.2 Å². The third-order valence-electron chi connectivity index (χ3n) is 5.62. The van der Waals surface area contributed by atoms with Crippen LogP contribution in [0.25, 0.3) is 0 Å². The summed E-state index contributed by atoms with van der Waals surface area (Å²) in [5.74, 6) is -0.442. The lowest BCUT2D eigenvalue weighted by Crippen LogP contribution is -2.54. The predicted molar refractivity (Wildman–Crippen MR) is 99.4 cm³/mol. The molecule has 0 amide bonds. The van der Waals surface area contributed by atoms with E-state index < -0.39 is 15.7 Å². The Bertz CT molecular complexity index is 898. The van der Waals surface area contributed by atoms with Gasteiger partial charge in [-0.3, -0.25) is 4.90 Å². The molecule has 2 aliphatic rings. The van der Waals surface area contributed by atoms with Gasteiger partial charge in [0, 0.05) is 19.1 Å². The van der Waals surface area contributed by atoms with E-state index in [0.717, 1.165) is 25.2 Å². The molecule has 2 aliphatic heterocycles. The van der Waals surface area contributed by atoms with Crippen molar-refractivity contribution in [3.05, 3.63) is 54.3 Å². The molecule has 0 N–H and O–H groups in total. The van der Waals surface area contributed by atoms with Crippen LogP contribution < -0.4 is 4.90 Å². The molecule has 2 saturated heterocycles. The molecular formula is C20H23FN2O2S. The molecular weight excluding hydrogens is 351 g/mol. The lowest BCUT2D eigenvalue weighted by atomic mass is 10.1. The van der Waals surface area contributed by atoms with Crippen LogP contribution in [0.4, 0.5) is 10.1 Å². The van der Waals surface area contributed by atoms with Crippen LogP contribution in [0, 0.1) is 5.82 Å². The van der Waals surface area contributed by atoms with Crippen molar-refractivity contribution in [2.75, 3.05) is 18.0 Å². The molecule has 138 valence electrons. The second kappa shape index (κ2) is 6.67. The van der Waals surface area contributed by atoms with Gasteiger partial charge in [0.05, 0.1) is 21.6 Å². The Morgan fingerprint density at radius 2 is 1.81 bits per heavy atom. The minimum atomic E-state index is -3.71. The fourth-order valence-electron chi connectivity index (χ4n) is 4.21. The normalized spacial score (nSPS) is 22.7. The molecule has 0 spiro atoms. The molecule has 0 bridgehead atoms. The fraction of sp³-hybridized carbons (Fsp3) is 0.400. The van der Waals surface area contributed by atoms with Crippen molar-refractivity contribution >= 4 is 15.5 Å². The van der Waals surface area contributed by atoms with E-state index in [1.54, 1.807) is 12.1 Å². The van der Waals surface area contributed by atoms with Crippen molar-refractivity contribution in [2.24, 2.45) is 0 Å². The lowest BCUT2D eigenvalue weighted by Gasteiger charge is -2.44. The Balaban J connectivity index is 1.75. The molecule has 2 fully saturated rings. The summed E-state index contributed by atoms with van der Waals surface area (Å²) in [5.41, 5.74) is 0.733.